The van der Waals surface area contributed by atoms with Crippen molar-refractivity contribution < 1.29 is 45.0 Å². The SMILES string of the molecule is C=C1/C(=C\C=C2/CCC[C@]3(C)[C@@H]([C@H](C)/C=C/[C@H](O)C4(c5nc(C)cs5)CC4)CC[C@@H]23)C[C@@H](O)C[C@@H]1O.O=C(O)c1ccccc1.O=C(O)c1ccccc1.O=C(O)c1ccccc1. The molecule has 8 rings (SSSR count). The molecule has 63 heavy (non-hydrogen) atoms. The number of fused-ring (bicyclic) bond motifs is 1. The molecule has 1 aromatic heterocycles. The van der Waals surface area contributed by atoms with Crippen LogP contribution in [0.3, 0.4) is 0 Å². The Hall–Kier alpha value is -5.46. The third kappa shape index (κ3) is 12.8. The van der Waals surface area contributed by atoms with E-state index in [2.05, 4.69) is 55.1 Å². The quantitative estimate of drug-likeness (QED) is 0.0884. The smallest absolute Gasteiger partial charge is 0.335 e. The van der Waals surface area contributed by atoms with Gasteiger partial charge in [0.25, 0.3) is 0 Å². The Bertz CT molecular complexity index is 2130. The van der Waals surface area contributed by atoms with Crippen molar-refractivity contribution in [2.45, 2.75) is 102 Å². The highest BCUT2D eigenvalue weighted by molar-refractivity contribution is 7.09. The molecule has 0 radical (unpaired) electrons. The van der Waals surface area contributed by atoms with Gasteiger partial charge in [-0.25, -0.2) is 19.4 Å². The molecule has 6 N–H and O–H groups in total. The number of allylic oxidation sites excluding steroid dienone is 4. The molecule has 0 unspecified atom stereocenters. The van der Waals surface area contributed by atoms with Crippen molar-refractivity contribution in [1.82, 2.24) is 4.98 Å². The predicted octanol–water partition coefficient (Wildman–Crippen LogP) is 10.3. The number of carbonyl (C=O) groups is 3. The van der Waals surface area contributed by atoms with Gasteiger partial charge in [0.2, 0.25) is 0 Å². The molecule has 0 aliphatic heterocycles. The normalized spacial score (nSPS) is 25.5. The number of aromatic carboxylic acids is 3. The van der Waals surface area contributed by atoms with Crippen LogP contribution in [0.2, 0.25) is 0 Å². The largest absolute Gasteiger partial charge is 0.478 e. The average Bonchev–Trinajstić information content (AvgIpc) is 3.85. The third-order valence-corrected chi connectivity index (χ3v) is 14.2. The first kappa shape index (κ1) is 48.6. The van der Waals surface area contributed by atoms with E-state index in [0.717, 1.165) is 41.1 Å². The van der Waals surface area contributed by atoms with E-state index >= 15 is 0 Å². The molecule has 7 atom stereocenters. The molecule has 1 heterocycles. The number of aliphatic hydroxyl groups excluding tert-OH is 3. The zero-order valence-corrected chi connectivity index (χ0v) is 37.2. The number of thiazole rings is 1. The summed E-state index contributed by atoms with van der Waals surface area (Å²) in [6.07, 6.45) is 16.2. The van der Waals surface area contributed by atoms with Crippen LogP contribution in [0.25, 0.3) is 0 Å². The highest BCUT2D eigenvalue weighted by atomic mass is 32.1. The van der Waals surface area contributed by atoms with Crippen LogP contribution in [-0.4, -0.2) is 71.8 Å². The number of benzene rings is 3. The number of rotatable bonds is 9. The highest BCUT2D eigenvalue weighted by Gasteiger charge is 2.53. The number of aryl methyl sites for hydroxylation is 1. The summed E-state index contributed by atoms with van der Waals surface area (Å²) in [7, 11) is 0. The maximum Gasteiger partial charge on any atom is 0.335 e. The zero-order chi connectivity index (χ0) is 45.7. The number of carboxylic acids is 3. The molecule has 4 aromatic rings. The molecule has 0 amide bonds. The molecule has 4 aliphatic carbocycles. The van der Waals surface area contributed by atoms with Crippen LogP contribution in [0.15, 0.2) is 144 Å². The number of hydrogen-bond acceptors (Lipinski definition) is 8. The van der Waals surface area contributed by atoms with Crippen LogP contribution in [0.5, 0.6) is 0 Å². The summed E-state index contributed by atoms with van der Waals surface area (Å²) in [5, 5.41) is 59.8. The lowest BCUT2D eigenvalue weighted by atomic mass is 9.61. The third-order valence-electron chi connectivity index (χ3n) is 13.0. The van der Waals surface area contributed by atoms with E-state index in [9.17, 15) is 29.7 Å². The fourth-order valence-electron chi connectivity index (χ4n) is 9.30. The number of aromatic nitrogens is 1. The number of carboxylic acid groups (broad SMARTS) is 3. The van der Waals surface area contributed by atoms with Gasteiger partial charge in [-0.15, -0.1) is 11.3 Å². The van der Waals surface area contributed by atoms with E-state index in [1.807, 2.05) is 6.92 Å². The molecule has 0 spiro atoms. The topological polar surface area (TPSA) is 185 Å². The van der Waals surface area contributed by atoms with Crippen molar-refractivity contribution in [2.75, 3.05) is 0 Å². The fourth-order valence-corrected chi connectivity index (χ4v) is 10.4. The first-order chi connectivity index (χ1) is 30.1. The minimum Gasteiger partial charge on any atom is -0.478 e. The van der Waals surface area contributed by atoms with Gasteiger partial charge in [0.15, 0.2) is 0 Å². The lowest BCUT2D eigenvalue weighted by Gasteiger charge is -2.44. The molecule has 4 fully saturated rings. The average molecular weight is 876 g/mol. The van der Waals surface area contributed by atoms with E-state index < -0.39 is 36.2 Å². The van der Waals surface area contributed by atoms with E-state index in [4.69, 9.17) is 15.3 Å². The Morgan fingerprint density at radius 2 is 1.32 bits per heavy atom. The second-order valence-corrected chi connectivity index (χ2v) is 18.2. The summed E-state index contributed by atoms with van der Waals surface area (Å²) in [5.41, 5.74) is 5.43. The first-order valence-electron chi connectivity index (χ1n) is 21.6. The Kier molecular flexibility index (Phi) is 17.2. The summed E-state index contributed by atoms with van der Waals surface area (Å²) in [4.78, 5) is 35.3. The summed E-state index contributed by atoms with van der Waals surface area (Å²) in [5.74, 6) is -1.03. The molecule has 11 heteroatoms. The minimum atomic E-state index is -0.879. The van der Waals surface area contributed by atoms with Gasteiger partial charge in [0, 0.05) is 17.5 Å². The minimum absolute atomic E-state index is 0.157. The Labute approximate surface area is 374 Å². The Morgan fingerprint density at radius 1 is 0.794 bits per heavy atom. The van der Waals surface area contributed by atoms with E-state index in [-0.39, 0.29) is 10.8 Å². The van der Waals surface area contributed by atoms with Crippen molar-refractivity contribution in [3.8, 4) is 0 Å². The molecular weight excluding hydrogens is 815 g/mol. The van der Waals surface area contributed by atoms with Crippen LogP contribution in [0, 0.1) is 30.1 Å². The summed E-state index contributed by atoms with van der Waals surface area (Å²) in [6.45, 7) is 10.9. The maximum atomic E-state index is 11.1. The second-order valence-electron chi connectivity index (χ2n) is 17.3. The standard InChI is InChI=1S/C31H43NO3S.3C7H6O2/c1-19(7-12-28(35)31(14-15-31)29-32-20(2)18-36-29)25-10-11-26-22(6-5-13-30(25,26)4)8-9-23-16-24(33)17-27(34)21(23)3;3*8-7(9)6-4-2-1-3-5-6/h7-9,12,18-19,24-28,33-35H,3,5-6,10-11,13-17H2,1-2,4H3;3*1-5H,(H,8,9)/b12-7+,22-8+,23-9-;;;/t19-,24-,25-,26+,27+,28+,30-;;;/m1.../s1. The van der Waals surface area contributed by atoms with Crippen molar-refractivity contribution in [3.05, 3.63) is 171 Å². The molecule has 3 aromatic carbocycles. The van der Waals surface area contributed by atoms with Crippen LogP contribution >= 0.6 is 11.3 Å². The van der Waals surface area contributed by atoms with Crippen molar-refractivity contribution in [3.63, 3.8) is 0 Å². The maximum absolute atomic E-state index is 11.1. The molecule has 0 saturated heterocycles. The lowest BCUT2D eigenvalue weighted by molar-refractivity contribution is 0.0686. The monoisotopic (exact) mass is 875 g/mol. The van der Waals surface area contributed by atoms with Gasteiger partial charge in [-0.3, -0.25) is 0 Å². The Balaban J connectivity index is 0.000000221. The van der Waals surface area contributed by atoms with Crippen molar-refractivity contribution in [1.29, 1.82) is 0 Å². The lowest BCUT2D eigenvalue weighted by Crippen LogP contribution is -2.35. The summed E-state index contributed by atoms with van der Waals surface area (Å²) in [6, 6.07) is 24.9. The van der Waals surface area contributed by atoms with Crippen LogP contribution < -0.4 is 0 Å². The number of aliphatic hydroxyl groups is 3. The fraction of sp³-hybridized carbons (Fsp3) is 0.385. The van der Waals surface area contributed by atoms with Gasteiger partial charge in [-0.05, 0) is 129 Å². The molecule has 334 valence electrons. The van der Waals surface area contributed by atoms with Gasteiger partial charge in [0.1, 0.15) is 5.01 Å². The van der Waals surface area contributed by atoms with E-state index in [0.29, 0.717) is 47.3 Å². The van der Waals surface area contributed by atoms with E-state index in [1.54, 1.807) is 102 Å². The van der Waals surface area contributed by atoms with Crippen LogP contribution in [0.4, 0.5) is 0 Å². The molecule has 10 nitrogen and oxygen atoms in total. The van der Waals surface area contributed by atoms with Gasteiger partial charge in [-0.1, -0.05) is 105 Å². The predicted molar refractivity (Wildman–Crippen MR) is 247 cm³/mol. The molecular formula is C52H61NO9S. The molecule has 0 bridgehead atoms. The van der Waals surface area contributed by atoms with Crippen LogP contribution in [0.1, 0.15) is 113 Å². The summed E-state index contributed by atoms with van der Waals surface area (Å²) < 4.78 is 0. The van der Waals surface area contributed by atoms with Gasteiger partial charge >= 0.3 is 17.9 Å². The molecule has 4 saturated carbocycles. The number of nitrogens with zero attached hydrogens (tertiary/aromatic N) is 1. The summed E-state index contributed by atoms with van der Waals surface area (Å²) >= 11 is 1.69. The Morgan fingerprint density at radius 3 is 1.76 bits per heavy atom. The zero-order valence-electron chi connectivity index (χ0n) is 36.3. The highest BCUT2D eigenvalue weighted by Crippen LogP contribution is 2.60. The van der Waals surface area contributed by atoms with Crippen molar-refractivity contribution in [2.24, 2.45) is 23.2 Å². The van der Waals surface area contributed by atoms with Crippen molar-refractivity contribution >= 4 is 29.2 Å². The first-order valence-corrected chi connectivity index (χ1v) is 22.5. The van der Waals surface area contributed by atoms with Gasteiger partial charge < -0.3 is 30.6 Å². The van der Waals surface area contributed by atoms with Gasteiger partial charge in [0.05, 0.1) is 40.4 Å². The van der Waals surface area contributed by atoms with Crippen LogP contribution in [-0.2, 0) is 5.41 Å². The number of hydrogen-bond donors (Lipinski definition) is 6. The van der Waals surface area contributed by atoms with Gasteiger partial charge in [-0.2, -0.15) is 0 Å². The van der Waals surface area contributed by atoms with E-state index in [1.165, 1.54) is 31.3 Å². The molecule has 4 aliphatic rings. The second kappa shape index (κ2) is 22.2.